The molecule has 2 aliphatic carbocycles. The van der Waals surface area contributed by atoms with Gasteiger partial charge in [0.25, 0.3) is 0 Å². The third-order valence-electron chi connectivity index (χ3n) is 3.88. The van der Waals surface area contributed by atoms with Crippen LogP contribution in [-0.4, -0.2) is 58.8 Å². The van der Waals surface area contributed by atoms with Crippen molar-refractivity contribution in [1.29, 1.82) is 0 Å². The Hall–Kier alpha value is -0.400. The van der Waals surface area contributed by atoms with Crippen LogP contribution in [0.25, 0.3) is 0 Å². The molecule has 4 atom stereocenters. The zero-order chi connectivity index (χ0) is 14.6. The van der Waals surface area contributed by atoms with E-state index in [1.165, 1.54) is 21.1 Å². The van der Waals surface area contributed by atoms with E-state index in [0.29, 0.717) is 0 Å². The molecule has 2 rings (SSSR count). The number of hydrogen-bond donors (Lipinski definition) is 1. The van der Waals surface area contributed by atoms with Gasteiger partial charge in [-0.05, 0) is 0 Å². The van der Waals surface area contributed by atoms with Gasteiger partial charge in [0.05, 0.1) is 0 Å². The Morgan fingerprint density at radius 1 is 1.37 bits per heavy atom. The molecule has 0 heterocycles. The van der Waals surface area contributed by atoms with Crippen molar-refractivity contribution < 1.29 is 28.9 Å². The highest BCUT2D eigenvalue weighted by atomic mass is 35.5. The maximum atomic E-state index is 12.2. The number of halogens is 2. The zero-order valence-corrected chi connectivity index (χ0v) is 12.1. The number of Topliss-reactive ketones (excluding diaryl/α,β-unsaturated/α-hetero) is 1. The van der Waals surface area contributed by atoms with Crippen LogP contribution in [0.3, 0.4) is 0 Å². The van der Waals surface area contributed by atoms with Crippen LogP contribution in [0, 0.1) is 0 Å². The molecule has 2 aliphatic rings. The number of ether oxygens (including phenoxy) is 3. The molecule has 0 aliphatic heterocycles. The second kappa shape index (κ2) is 4.30. The fourth-order valence-electron chi connectivity index (χ4n) is 3.12. The van der Waals surface area contributed by atoms with E-state index in [2.05, 4.69) is 0 Å². The van der Waals surface area contributed by atoms with E-state index in [0.717, 1.165) is 0 Å². The van der Waals surface area contributed by atoms with Gasteiger partial charge in [-0.15, -0.1) is 23.2 Å². The summed E-state index contributed by atoms with van der Waals surface area (Å²) in [6.07, 6.45) is -2.63. The van der Waals surface area contributed by atoms with E-state index < -0.39 is 39.5 Å². The van der Waals surface area contributed by atoms with Crippen LogP contribution in [0.1, 0.15) is 13.3 Å². The minimum atomic E-state index is -1.87. The third kappa shape index (κ3) is 1.44. The second-order valence-electron chi connectivity index (χ2n) is 4.67. The molecule has 0 aromatic heterocycles. The lowest BCUT2D eigenvalue weighted by Gasteiger charge is -2.38. The van der Waals surface area contributed by atoms with Crippen molar-refractivity contribution in [2.24, 2.45) is 0 Å². The number of carbonyl (C=O) groups is 2. The quantitative estimate of drug-likeness (QED) is 0.456. The van der Waals surface area contributed by atoms with E-state index in [-0.39, 0.29) is 6.42 Å². The Kier molecular flexibility index (Phi) is 3.39. The number of methoxy groups -OCH3 is 2. The molecule has 19 heavy (non-hydrogen) atoms. The summed E-state index contributed by atoms with van der Waals surface area (Å²) in [6.45, 7) is 1.19. The summed E-state index contributed by atoms with van der Waals surface area (Å²) >= 11 is 12.7. The number of esters is 1. The second-order valence-corrected chi connectivity index (χ2v) is 5.94. The van der Waals surface area contributed by atoms with E-state index in [1.54, 1.807) is 0 Å². The van der Waals surface area contributed by atoms with Gasteiger partial charge in [-0.1, -0.05) is 0 Å². The van der Waals surface area contributed by atoms with Crippen molar-refractivity contribution in [3.05, 3.63) is 0 Å². The maximum absolute atomic E-state index is 12.2. The van der Waals surface area contributed by atoms with E-state index in [4.69, 9.17) is 37.4 Å². The number of aliphatic hydroxyl groups is 1. The van der Waals surface area contributed by atoms with Gasteiger partial charge >= 0.3 is 5.97 Å². The minimum Gasteiger partial charge on any atom is -0.460 e. The molecule has 0 aromatic carbocycles. The van der Waals surface area contributed by atoms with Crippen LogP contribution >= 0.6 is 23.2 Å². The van der Waals surface area contributed by atoms with Gasteiger partial charge in [0.15, 0.2) is 10.7 Å². The SMILES string of the molecule is COC1(OC)[C@@]2(Cl)C[C@H](OC(C)=O)[C@]1(Cl)C(=O)[C@@H]2O. The van der Waals surface area contributed by atoms with E-state index in [1.807, 2.05) is 0 Å². The van der Waals surface area contributed by atoms with Crippen molar-refractivity contribution in [3.8, 4) is 0 Å². The molecule has 8 heteroatoms. The molecular formula is C11H14Cl2O6. The Bertz CT molecular complexity index is 437. The first kappa shape index (κ1) is 15.0. The maximum Gasteiger partial charge on any atom is 0.302 e. The molecule has 0 aromatic rings. The summed E-state index contributed by atoms with van der Waals surface area (Å²) in [7, 11) is 2.53. The minimum absolute atomic E-state index is 0.0494. The van der Waals surface area contributed by atoms with E-state index >= 15 is 0 Å². The van der Waals surface area contributed by atoms with Gasteiger partial charge in [0, 0.05) is 27.6 Å². The summed E-state index contributed by atoms with van der Waals surface area (Å²) in [4.78, 5) is 19.8. The van der Waals surface area contributed by atoms with Crippen LogP contribution in [0.2, 0.25) is 0 Å². The molecule has 0 spiro atoms. The van der Waals surface area contributed by atoms with Crippen molar-refractivity contribution in [2.75, 3.05) is 14.2 Å². The highest BCUT2D eigenvalue weighted by Crippen LogP contribution is 2.64. The number of aliphatic hydroxyl groups excluding tert-OH is 1. The molecule has 2 bridgehead atoms. The van der Waals surface area contributed by atoms with Crippen molar-refractivity contribution in [2.45, 2.75) is 41.1 Å². The number of alkyl halides is 2. The summed E-state index contributed by atoms with van der Waals surface area (Å²) in [6, 6.07) is 0. The first-order valence-electron chi connectivity index (χ1n) is 5.59. The molecule has 2 saturated carbocycles. The number of hydrogen-bond acceptors (Lipinski definition) is 6. The van der Waals surface area contributed by atoms with Crippen molar-refractivity contribution >= 4 is 35.0 Å². The highest BCUT2D eigenvalue weighted by molar-refractivity contribution is 6.44. The Morgan fingerprint density at radius 3 is 2.26 bits per heavy atom. The molecule has 0 amide bonds. The molecule has 6 nitrogen and oxygen atoms in total. The van der Waals surface area contributed by atoms with Gasteiger partial charge in [0.1, 0.15) is 17.1 Å². The average Bonchev–Trinajstić information content (AvgIpc) is 2.60. The summed E-state index contributed by atoms with van der Waals surface area (Å²) in [5, 5.41) is 10.00. The predicted molar refractivity (Wildman–Crippen MR) is 65.1 cm³/mol. The van der Waals surface area contributed by atoms with Gasteiger partial charge in [-0.25, -0.2) is 0 Å². The lowest BCUT2D eigenvalue weighted by atomic mass is 9.93. The molecular weight excluding hydrogens is 299 g/mol. The molecule has 0 saturated heterocycles. The number of ketones is 1. The van der Waals surface area contributed by atoms with Crippen LogP contribution in [0.15, 0.2) is 0 Å². The topological polar surface area (TPSA) is 82.1 Å². The molecule has 108 valence electrons. The number of carbonyl (C=O) groups excluding carboxylic acids is 2. The van der Waals surface area contributed by atoms with Crippen LogP contribution in [0.4, 0.5) is 0 Å². The Balaban J connectivity index is 2.58. The largest absolute Gasteiger partial charge is 0.460 e. The fourth-order valence-corrected chi connectivity index (χ4v) is 4.26. The van der Waals surface area contributed by atoms with Gasteiger partial charge in [-0.2, -0.15) is 0 Å². The predicted octanol–water partition coefficient (Wildman–Crippen LogP) is 0.210. The standard InChI is InChI=1S/C11H14Cl2O6/c1-5(14)19-6-4-9(12)7(15)8(16)10(6,13)11(9,17-2)18-3/h6-7,15H,4H2,1-3H3/t6-,7-,9+,10-/m0/s1. The van der Waals surface area contributed by atoms with Gasteiger partial charge in [-0.3, -0.25) is 9.59 Å². The summed E-state index contributed by atoms with van der Waals surface area (Å²) in [5.41, 5.74) is 0. The fraction of sp³-hybridized carbons (Fsp3) is 0.818. The lowest BCUT2D eigenvalue weighted by Crippen LogP contribution is -2.58. The average molecular weight is 313 g/mol. The first-order chi connectivity index (χ1) is 8.71. The third-order valence-corrected chi connectivity index (χ3v) is 5.16. The highest BCUT2D eigenvalue weighted by Gasteiger charge is 2.87. The number of fused-ring (bicyclic) bond motifs is 2. The zero-order valence-electron chi connectivity index (χ0n) is 10.6. The molecule has 2 fully saturated rings. The van der Waals surface area contributed by atoms with Crippen LogP contribution in [0.5, 0.6) is 0 Å². The first-order valence-corrected chi connectivity index (χ1v) is 6.34. The monoisotopic (exact) mass is 312 g/mol. The lowest BCUT2D eigenvalue weighted by molar-refractivity contribution is -0.227. The Morgan fingerprint density at radius 2 is 1.89 bits per heavy atom. The van der Waals surface area contributed by atoms with Crippen LogP contribution < -0.4 is 0 Å². The molecule has 0 unspecified atom stereocenters. The molecule has 0 radical (unpaired) electrons. The van der Waals surface area contributed by atoms with Gasteiger partial charge in [0.2, 0.25) is 5.79 Å². The van der Waals surface area contributed by atoms with Crippen molar-refractivity contribution in [1.82, 2.24) is 0 Å². The van der Waals surface area contributed by atoms with Crippen molar-refractivity contribution in [3.63, 3.8) is 0 Å². The smallest absolute Gasteiger partial charge is 0.302 e. The summed E-state index contributed by atoms with van der Waals surface area (Å²) in [5.74, 6) is -3.15. The van der Waals surface area contributed by atoms with E-state index in [9.17, 15) is 14.7 Å². The van der Waals surface area contributed by atoms with Gasteiger partial charge < -0.3 is 19.3 Å². The summed E-state index contributed by atoms with van der Waals surface area (Å²) < 4.78 is 15.5. The normalized spacial score (nSPS) is 43.6. The number of rotatable bonds is 3. The van der Waals surface area contributed by atoms with Crippen LogP contribution in [-0.2, 0) is 23.8 Å². The Labute approximate surface area is 119 Å². The molecule has 1 N–H and O–H groups in total.